The first-order valence-corrected chi connectivity index (χ1v) is 13.0. The lowest BCUT2D eigenvalue weighted by atomic mass is 9.85. The Kier molecular flexibility index (Phi) is 7.80. The molecule has 1 saturated heterocycles. The number of methoxy groups -OCH3 is 1. The molecule has 8 heteroatoms. The third-order valence-electron chi connectivity index (χ3n) is 5.84. The monoisotopic (exact) mass is 533 g/mol. The zero-order valence-corrected chi connectivity index (χ0v) is 21.4. The quantitative estimate of drug-likeness (QED) is 0.355. The van der Waals surface area contributed by atoms with E-state index in [2.05, 4.69) is 0 Å². The van der Waals surface area contributed by atoms with E-state index in [0.29, 0.717) is 27.4 Å². The van der Waals surface area contributed by atoms with Gasteiger partial charge in [-0.05, 0) is 59.2 Å². The fraction of sp³-hybridized carbons (Fsp3) is 0.192. The number of hydrogen-bond acceptors (Lipinski definition) is 3. The Morgan fingerprint density at radius 1 is 0.882 bits per heavy atom. The fourth-order valence-electron chi connectivity index (χ4n) is 4.00. The average Bonchev–Trinajstić information content (AvgIpc) is 2.84. The molecular formula is C26H22Cl3NO3S. The maximum atomic E-state index is 13.5. The van der Waals surface area contributed by atoms with Crippen LogP contribution in [-0.4, -0.2) is 41.0 Å². The van der Waals surface area contributed by atoms with Gasteiger partial charge in [-0.2, -0.15) is 0 Å². The fourth-order valence-corrected chi connectivity index (χ4v) is 5.58. The molecule has 1 aliphatic rings. The molecule has 0 saturated carbocycles. The molecule has 1 unspecified atom stereocenters. The second-order valence-corrected chi connectivity index (χ2v) is 10.7. The minimum atomic E-state index is -1.40. The van der Waals surface area contributed by atoms with Gasteiger partial charge in [0.05, 0.1) is 17.3 Å². The van der Waals surface area contributed by atoms with Crippen molar-refractivity contribution in [3.8, 4) is 0 Å². The SMILES string of the molecule is COC(CN1CCS(=O)C(=Cc2ccc(Cl)cc2)C1=O)(c1ccc(Cl)cc1)c1ccc(Cl)cc1. The van der Waals surface area contributed by atoms with Crippen molar-refractivity contribution in [1.29, 1.82) is 0 Å². The first-order chi connectivity index (χ1) is 16.3. The molecule has 34 heavy (non-hydrogen) atoms. The van der Waals surface area contributed by atoms with Crippen LogP contribution in [-0.2, 0) is 25.9 Å². The van der Waals surface area contributed by atoms with E-state index in [1.807, 2.05) is 24.3 Å². The van der Waals surface area contributed by atoms with Gasteiger partial charge in [0, 0.05) is 34.5 Å². The van der Waals surface area contributed by atoms with E-state index >= 15 is 0 Å². The Hall–Kier alpha value is -2.15. The highest BCUT2D eigenvalue weighted by Gasteiger charge is 2.40. The Bertz CT molecular complexity index is 1180. The molecule has 4 rings (SSSR count). The summed E-state index contributed by atoms with van der Waals surface area (Å²) in [5.74, 6) is 0.0514. The van der Waals surface area contributed by atoms with E-state index in [1.165, 1.54) is 0 Å². The van der Waals surface area contributed by atoms with Gasteiger partial charge in [-0.15, -0.1) is 0 Å². The first kappa shape index (κ1) is 25.0. The minimum Gasteiger partial charge on any atom is -0.367 e. The van der Waals surface area contributed by atoms with Crippen LogP contribution in [0.4, 0.5) is 0 Å². The zero-order valence-electron chi connectivity index (χ0n) is 18.3. The van der Waals surface area contributed by atoms with Gasteiger partial charge in [0.1, 0.15) is 10.5 Å². The van der Waals surface area contributed by atoms with E-state index in [1.54, 1.807) is 66.6 Å². The van der Waals surface area contributed by atoms with Crippen LogP contribution in [0.15, 0.2) is 77.7 Å². The predicted molar refractivity (Wildman–Crippen MR) is 140 cm³/mol. The standard InChI is InChI=1S/C26H22Cl3NO3S/c1-33-26(19-4-10-22(28)11-5-19,20-6-12-23(29)13-7-20)17-30-14-15-34(32)24(25(30)31)16-18-2-8-21(27)9-3-18/h2-13,16H,14-15,17H2,1H3. The van der Waals surface area contributed by atoms with Gasteiger partial charge in [-0.1, -0.05) is 71.2 Å². The van der Waals surface area contributed by atoms with Crippen LogP contribution >= 0.6 is 34.8 Å². The first-order valence-electron chi connectivity index (χ1n) is 10.5. The number of hydrogen-bond donors (Lipinski definition) is 0. The van der Waals surface area contributed by atoms with Crippen LogP contribution in [0.2, 0.25) is 15.1 Å². The normalized spacial score (nSPS) is 17.9. The van der Waals surface area contributed by atoms with E-state index < -0.39 is 16.4 Å². The van der Waals surface area contributed by atoms with Crippen LogP contribution in [0.25, 0.3) is 6.08 Å². The van der Waals surface area contributed by atoms with Crippen molar-refractivity contribution in [2.24, 2.45) is 0 Å². The summed E-state index contributed by atoms with van der Waals surface area (Å²) < 4.78 is 18.9. The van der Waals surface area contributed by atoms with E-state index in [4.69, 9.17) is 39.5 Å². The lowest BCUT2D eigenvalue weighted by molar-refractivity contribution is -0.130. The van der Waals surface area contributed by atoms with Crippen LogP contribution in [0.5, 0.6) is 0 Å². The third-order valence-corrected chi connectivity index (χ3v) is 7.93. The zero-order chi connectivity index (χ0) is 24.3. The number of amides is 1. The van der Waals surface area contributed by atoms with Gasteiger partial charge in [-0.3, -0.25) is 9.00 Å². The number of rotatable bonds is 6. The van der Waals surface area contributed by atoms with Crippen LogP contribution < -0.4 is 0 Å². The topological polar surface area (TPSA) is 46.6 Å². The Morgan fingerprint density at radius 3 is 1.82 bits per heavy atom. The van der Waals surface area contributed by atoms with Crippen molar-refractivity contribution in [2.75, 3.05) is 26.0 Å². The molecule has 3 aromatic carbocycles. The van der Waals surface area contributed by atoms with Crippen LogP contribution in [0.1, 0.15) is 16.7 Å². The van der Waals surface area contributed by atoms with Crippen LogP contribution in [0.3, 0.4) is 0 Å². The van der Waals surface area contributed by atoms with Gasteiger partial charge in [0.15, 0.2) is 0 Å². The van der Waals surface area contributed by atoms with E-state index in [-0.39, 0.29) is 17.4 Å². The summed E-state index contributed by atoms with van der Waals surface area (Å²) in [4.78, 5) is 15.5. The second-order valence-electron chi connectivity index (χ2n) is 7.88. The number of halogens is 3. The van der Waals surface area contributed by atoms with Crippen molar-refractivity contribution in [1.82, 2.24) is 4.90 Å². The maximum absolute atomic E-state index is 13.5. The highest BCUT2D eigenvalue weighted by atomic mass is 35.5. The summed E-state index contributed by atoms with van der Waals surface area (Å²) in [6.45, 7) is 0.566. The molecular weight excluding hydrogens is 513 g/mol. The summed E-state index contributed by atoms with van der Waals surface area (Å²) in [5, 5.41) is 1.79. The Balaban J connectivity index is 1.74. The Morgan fingerprint density at radius 2 is 1.35 bits per heavy atom. The Labute approximate surface area is 216 Å². The molecule has 0 spiro atoms. The summed E-state index contributed by atoms with van der Waals surface area (Å²) >= 11 is 18.2. The highest BCUT2D eigenvalue weighted by Crippen LogP contribution is 2.36. The average molecular weight is 535 g/mol. The predicted octanol–water partition coefficient (Wildman–Crippen LogP) is 6.17. The molecule has 0 radical (unpaired) electrons. The van der Waals surface area contributed by atoms with Crippen molar-refractivity contribution < 1.29 is 13.7 Å². The van der Waals surface area contributed by atoms with Crippen molar-refractivity contribution >= 4 is 57.6 Å². The highest BCUT2D eigenvalue weighted by molar-refractivity contribution is 7.90. The lowest BCUT2D eigenvalue weighted by Crippen LogP contribution is -2.50. The molecule has 1 amide bonds. The van der Waals surface area contributed by atoms with Crippen molar-refractivity contribution in [3.05, 3.63) is 109 Å². The van der Waals surface area contributed by atoms with E-state index in [9.17, 15) is 9.00 Å². The summed E-state index contributed by atoms with van der Waals surface area (Å²) in [6.07, 6.45) is 1.67. The number of nitrogens with zero attached hydrogens (tertiary/aromatic N) is 1. The molecule has 0 aromatic heterocycles. The van der Waals surface area contributed by atoms with Gasteiger partial charge >= 0.3 is 0 Å². The molecule has 1 aliphatic heterocycles. The maximum Gasteiger partial charge on any atom is 0.263 e. The molecule has 0 N–H and O–H groups in total. The summed E-state index contributed by atoms with van der Waals surface area (Å²) in [7, 11) is 0.212. The number of benzene rings is 3. The van der Waals surface area contributed by atoms with Crippen molar-refractivity contribution in [3.63, 3.8) is 0 Å². The third kappa shape index (κ3) is 5.24. The van der Waals surface area contributed by atoms with Gasteiger partial charge in [0.2, 0.25) is 0 Å². The molecule has 4 nitrogen and oxygen atoms in total. The van der Waals surface area contributed by atoms with Gasteiger partial charge in [-0.25, -0.2) is 0 Å². The molecule has 0 bridgehead atoms. The van der Waals surface area contributed by atoms with E-state index in [0.717, 1.165) is 16.7 Å². The molecule has 1 heterocycles. The molecule has 176 valence electrons. The number of ether oxygens (including phenoxy) is 1. The summed E-state index contributed by atoms with van der Waals surface area (Å²) in [6, 6.07) is 21.8. The minimum absolute atomic E-state index is 0.223. The van der Waals surface area contributed by atoms with Gasteiger partial charge < -0.3 is 9.64 Å². The van der Waals surface area contributed by atoms with Crippen LogP contribution in [0, 0.1) is 0 Å². The molecule has 0 aliphatic carbocycles. The number of carbonyl (C=O) groups excluding carboxylic acids is 1. The smallest absolute Gasteiger partial charge is 0.263 e. The number of carbonyl (C=O) groups is 1. The molecule has 3 aromatic rings. The molecule has 1 atom stereocenters. The largest absolute Gasteiger partial charge is 0.367 e. The van der Waals surface area contributed by atoms with Gasteiger partial charge in [0.25, 0.3) is 5.91 Å². The lowest BCUT2D eigenvalue weighted by Gasteiger charge is -2.40. The summed E-state index contributed by atoms with van der Waals surface area (Å²) in [5.41, 5.74) is 1.46. The molecule has 1 fully saturated rings. The van der Waals surface area contributed by atoms with Crippen molar-refractivity contribution in [2.45, 2.75) is 5.60 Å². The second kappa shape index (κ2) is 10.6.